The number of hydrogen-bond donors (Lipinski definition) is 0. The minimum Gasteiger partial charge on any atom is -0.471 e. The van der Waals surface area contributed by atoms with Gasteiger partial charge < -0.3 is 9.64 Å². The molecule has 0 aliphatic carbocycles. The Morgan fingerprint density at radius 2 is 1.85 bits per heavy atom. The zero-order valence-electron chi connectivity index (χ0n) is 17.9. The molecule has 0 saturated carbocycles. The van der Waals surface area contributed by atoms with Crippen LogP contribution in [0.5, 0.6) is 5.88 Å². The van der Waals surface area contributed by atoms with E-state index in [1.54, 1.807) is 36.1 Å². The van der Waals surface area contributed by atoms with E-state index in [-0.39, 0.29) is 22.6 Å². The van der Waals surface area contributed by atoms with Gasteiger partial charge >= 0.3 is 6.18 Å². The van der Waals surface area contributed by atoms with E-state index < -0.39 is 29.7 Å². The third-order valence-corrected chi connectivity index (χ3v) is 5.87. The lowest BCUT2D eigenvalue weighted by Gasteiger charge is -2.39. The molecule has 1 aliphatic heterocycles. The molecule has 0 N–H and O–H groups in total. The van der Waals surface area contributed by atoms with Crippen molar-refractivity contribution in [1.29, 1.82) is 0 Å². The number of piperidine rings is 1. The molecule has 1 saturated heterocycles. The molecule has 1 amide bonds. The van der Waals surface area contributed by atoms with Crippen LogP contribution in [0.3, 0.4) is 0 Å². The highest BCUT2D eigenvalue weighted by Gasteiger charge is 2.36. The lowest BCUT2D eigenvalue weighted by atomic mass is 9.97. The molecule has 2 atom stereocenters. The summed E-state index contributed by atoms with van der Waals surface area (Å²) in [5.74, 6) is -0.798. The van der Waals surface area contributed by atoms with Crippen LogP contribution in [0.2, 0.25) is 5.02 Å². The first kappa shape index (κ1) is 23.9. The fraction of sp³-hybridized carbons (Fsp3) is 0.304. The fourth-order valence-electron chi connectivity index (χ4n) is 3.83. The van der Waals surface area contributed by atoms with Gasteiger partial charge in [0.2, 0.25) is 5.88 Å². The van der Waals surface area contributed by atoms with Crippen molar-refractivity contribution in [3.63, 3.8) is 0 Å². The highest BCUT2D eigenvalue weighted by molar-refractivity contribution is 6.31. The molecule has 34 heavy (non-hydrogen) atoms. The molecule has 1 fully saturated rings. The summed E-state index contributed by atoms with van der Waals surface area (Å²) < 4.78 is 57.7. The monoisotopic (exact) mass is 494 g/mol. The summed E-state index contributed by atoms with van der Waals surface area (Å²) in [6, 6.07) is 7.07. The van der Waals surface area contributed by atoms with Crippen LogP contribution in [0, 0.1) is 5.82 Å². The van der Waals surface area contributed by atoms with E-state index in [2.05, 4.69) is 15.0 Å². The fourth-order valence-corrected chi connectivity index (χ4v) is 4.04. The Morgan fingerprint density at radius 1 is 1.15 bits per heavy atom. The quantitative estimate of drug-likeness (QED) is 0.453. The van der Waals surface area contributed by atoms with Crippen molar-refractivity contribution in [2.75, 3.05) is 6.54 Å². The Balaban J connectivity index is 1.56. The average Bonchev–Trinajstić information content (AvgIpc) is 2.81. The van der Waals surface area contributed by atoms with Crippen LogP contribution in [0.15, 0.2) is 48.9 Å². The second-order valence-corrected chi connectivity index (χ2v) is 8.22. The first-order valence-corrected chi connectivity index (χ1v) is 10.8. The summed E-state index contributed by atoms with van der Waals surface area (Å²) >= 11 is 5.99. The van der Waals surface area contributed by atoms with Crippen LogP contribution in [0.4, 0.5) is 17.6 Å². The van der Waals surface area contributed by atoms with Crippen LogP contribution in [0.25, 0.3) is 11.4 Å². The number of carbonyl (C=O) groups is 1. The number of rotatable bonds is 4. The summed E-state index contributed by atoms with van der Waals surface area (Å²) in [5, 5.41) is -0.260. The van der Waals surface area contributed by atoms with Crippen molar-refractivity contribution in [3.05, 3.63) is 70.9 Å². The van der Waals surface area contributed by atoms with Crippen LogP contribution in [0.1, 0.15) is 35.7 Å². The molecule has 6 nitrogen and oxygen atoms in total. The van der Waals surface area contributed by atoms with E-state index in [1.807, 2.05) is 0 Å². The number of nitrogens with zero attached hydrogens (tertiary/aromatic N) is 4. The first-order chi connectivity index (χ1) is 16.1. The van der Waals surface area contributed by atoms with Gasteiger partial charge in [0.1, 0.15) is 11.1 Å². The molecule has 4 rings (SSSR count). The van der Waals surface area contributed by atoms with E-state index in [9.17, 15) is 22.4 Å². The van der Waals surface area contributed by atoms with Crippen LogP contribution < -0.4 is 4.74 Å². The van der Waals surface area contributed by atoms with Crippen molar-refractivity contribution in [2.24, 2.45) is 0 Å². The minimum absolute atomic E-state index is 0.124. The summed E-state index contributed by atoms with van der Waals surface area (Å²) in [4.78, 5) is 26.8. The normalized spacial score (nSPS) is 18.6. The molecule has 2 unspecified atom stereocenters. The lowest BCUT2D eigenvalue weighted by Crippen LogP contribution is -2.51. The number of ether oxygens (including phenoxy) is 1. The molecule has 1 aromatic carbocycles. The first-order valence-electron chi connectivity index (χ1n) is 10.4. The third-order valence-electron chi connectivity index (χ3n) is 5.59. The Hall–Kier alpha value is -3.27. The number of amides is 1. The van der Waals surface area contributed by atoms with Gasteiger partial charge in [0, 0.05) is 18.3 Å². The van der Waals surface area contributed by atoms with Crippen LogP contribution >= 0.6 is 11.6 Å². The van der Waals surface area contributed by atoms with Crippen molar-refractivity contribution in [1.82, 2.24) is 19.9 Å². The van der Waals surface area contributed by atoms with Gasteiger partial charge in [-0.25, -0.2) is 19.3 Å². The van der Waals surface area contributed by atoms with Crippen molar-refractivity contribution in [3.8, 4) is 17.3 Å². The van der Waals surface area contributed by atoms with Gasteiger partial charge in [-0.1, -0.05) is 29.8 Å². The summed E-state index contributed by atoms with van der Waals surface area (Å²) in [7, 11) is 0. The van der Waals surface area contributed by atoms with E-state index in [0.29, 0.717) is 36.7 Å². The topological polar surface area (TPSA) is 68.2 Å². The largest absolute Gasteiger partial charge is 0.471 e. The molecule has 0 spiro atoms. The van der Waals surface area contributed by atoms with Gasteiger partial charge in [0.15, 0.2) is 11.6 Å². The number of pyridine rings is 1. The Labute approximate surface area is 197 Å². The Morgan fingerprint density at radius 3 is 2.53 bits per heavy atom. The predicted molar refractivity (Wildman–Crippen MR) is 116 cm³/mol. The van der Waals surface area contributed by atoms with E-state index in [1.165, 1.54) is 0 Å². The molecule has 11 heteroatoms. The number of alkyl halides is 3. The zero-order valence-corrected chi connectivity index (χ0v) is 18.6. The van der Waals surface area contributed by atoms with Crippen molar-refractivity contribution < 1.29 is 27.1 Å². The number of halogens is 5. The van der Waals surface area contributed by atoms with E-state index >= 15 is 0 Å². The average molecular weight is 495 g/mol. The van der Waals surface area contributed by atoms with Gasteiger partial charge in [-0.2, -0.15) is 13.2 Å². The number of hydrogen-bond acceptors (Lipinski definition) is 5. The van der Waals surface area contributed by atoms with Crippen molar-refractivity contribution >= 4 is 17.5 Å². The smallest absolute Gasteiger partial charge is 0.417 e. The molecule has 0 radical (unpaired) electrons. The van der Waals surface area contributed by atoms with Gasteiger partial charge in [0.05, 0.1) is 29.6 Å². The summed E-state index contributed by atoms with van der Waals surface area (Å²) in [5.41, 5.74) is -0.180. The van der Waals surface area contributed by atoms with Crippen molar-refractivity contribution in [2.45, 2.75) is 38.1 Å². The highest BCUT2D eigenvalue weighted by Crippen LogP contribution is 2.34. The van der Waals surface area contributed by atoms with E-state index in [4.69, 9.17) is 16.3 Å². The lowest BCUT2D eigenvalue weighted by molar-refractivity contribution is -0.137. The van der Waals surface area contributed by atoms with Crippen LogP contribution in [-0.4, -0.2) is 44.4 Å². The molecular formula is C23H19ClF4N4O2. The predicted octanol–water partition coefficient (Wildman–Crippen LogP) is 5.42. The number of likely N-dealkylation sites (tertiary alicyclic amines) is 1. The van der Waals surface area contributed by atoms with Crippen LogP contribution in [-0.2, 0) is 6.18 Å². The summed E-state index contributed by atoms with van der Waals surface area (Å²) in [6.45, 7) is 2.24. The number of carbonyl (C=O) groups excluding carboxylic acids is 1. The third kappa shape index (κ3) is 4.96. The Kier molecular flexibility index (Phi) is 6.70. The summed E-state index contributed by atoms with van der Waals surface area (Å²) in [6.07, 6.45) is -1.22. The molecule has 0 bridgehead atoms. The maximum atomic E-state index is 13.5. The molecule has 178 valence electrons. The molecule has 2 aromatic heterocycles. The molecule has 3 aromatic rings. The zero-order chi connectivity index (χ0) is 24.5. The number of aromatic nitrogens is 3. The SMILES string of the molecule is CC1C(Oc2ncc(C(F)(F)F)cc2Cl)CCCN1C(=O)c1ccccc1-c1ncc(F)cn1. The van der Waals surface area contributed by atoms with Gasteiger partial charge in [-0.05, 0) is 31.9 Å². The van der Waals surface area contributed by atoms with Gasteiger partial charge in [-0.3, -0.25) is 4.79 Å². The molecule has 1 aliphatic rings. The standard InChI is InChI=1S/C23H19ClF4N4O2/c1-13-19(34-21-18(24)9-14(10-31-21)23(26,27)28)7-4-8-32(13)22(33)17-6-3-2-5-16(17)20-29-11-15(25)12-30-20/h2-3,5-6,9-13,19H,4,7-8H2,1H3. The molecular weight excluding hydrogens is 476 g/mol. The highest BCUT2D eigenvalue weighted by atomic mass is 35.5. The minimum atomic E-state index is -4.57. The van der Waals surface area contributed by atoms with Gasteiger partial charge in [-0.15, -0.1) is 0 Å². The maximum Gasteiger partial charge on any atom is 0.417 e. The van der Waals surface area contributed by atoms with E-state index in [0.717, 1.165) is 18.5 Å². The van der Waals surface area contributed by atoms with Gasteiger partial charge in [0.25, 0.3) is 5.91 Å². The number of benzene rings is 1. The second-order valence-electron chi connectivity index (χ2n) is 7.82. The second kappa shape index (κ2) is 9.54. The maximum absolute atomic E-state index is 13.5. The molecule has 3 heterocycles. The Bertz CT molecular complexity index is 1190.